The number of rotatable bonds is 4. The lowest BCUT2D eigenvalue weighted by molar-refractivity contribution is -0.117. The van der Waals surface area contributed by atoms with Gasteiger partial charge in [-0.2, -0.15) is 0 Å². The number of anilines is 2. The molecule has 1 heterocycles. The van der Waals surface area contributed by atoms with Crippen molar-refractivity contribution in [2.75, 3.05) is 16.8 Å². The van der Waals surface area contributed by atoms with E-state index < -0.39 is 16.1 Å². The van der Waals surface area contributed by atoms with Gasteiger partial charge in [-0.25, -0.2) is 18.4 Å². The van der Waals surface area contributed by atoms with Crippen molar-refractivity contribution in [3.63, 3.8) is 0 Å². The first-order valence-corrected chi connectivity index (χ1v) is 9.43. The number of sulfonamides is 1. The van der Waals surface area contributed by atoms with Gasteiger partial charge in [0.05, 0.1) is 10.9 Å². The highest BCUT2D eigenvalue weighted by Gasteiger charge is 2.31. The Morgan fingerprint density at radius 2 is 1.73 bits per heavy atom. The maximum Gasteiger partial charge on any atom is 0.319 e. The average Bonchev–Trinajstić information content (AvgIpc) is 2.95. The van der Waals surface area contributed by atoms with E-state index in [2.05, 4.69) is 10.6 Å². The van der Waals surface area contributed by atoms with Gasteiger partial charge in [0.1, 0.15) is 0 Å². The Labute approximate surface area is 151 Å². The number of primary sulfonamides is 1. The summed E-state index contributed by atoms with van der Waals surface area (Å²) in [6.07, 6.45) is 0.215. The fourth-order valence-corrected chi connectivity index (χ4v) is 3.26. The topological polar surface area (TPSA) is 122 Å². The molecule has 136 valence electrons. The molecule has 0 unspecified atom stereocenters. The van der Waals surface area contributed by atoms with Crippen LogP contribution in [0.5, 0.6) is 0 Å². The van der Waals surface area contributed by atoms with Gasteiger partial charge >= 0.3 is 6.03 Å². The summed E-state index contributed by atoms with van der Waals surface area (Å²) in [5.74, 6) is -0.0565. The summed E-state index contributed by atoms with van der Waals surface area (Å²) in [4.78, 5) is 25.8. The molecule has 0 aromatic heterocycles. The van der Waals surface area contributed by atoms with Gasteiger partial charge in [-0.15, -0.1) is 0 Å². The predicted molar refractivity (Wildman–Crippen MR) is 97.2 cm³/mol. The van der Waals surface area contributed by atoms with E-state index in [1.165, 1.54) is 24.3 Å². The van der Waals surface area contributed by atoms with E-state index in [1.54, 1.807) is 4.90 Å². The highest BCUT2D eigenvalue weighted by molar-refractivity contribution is 7.89. The molecule has 1 aliphatic rings. The summed E-state index contributed by atoms with van der Waals surface area (Å²) in [5, 5.41) is 10.4. The van der Waals surface area contributed by atoms with Gasteiger partial charge in [-0.05, 0) is 36.4 Å². The molecule has 0 spiro atoms. The van der Waals surface area contributed by atoms with Crippen LogP contribution in [0.15, 0.2) is 59.5 Å². The molecule has 3 amide bonds. The Morgan fingerprint density at radius 1 is 1.08 bits per heavy atom. The number of hydrogen-bond donors (Lipinski definition) is 3. The largest absolute Gasteiger partial charge is 0.333 e. The third kappa shape index (κ3) is 4.19. The van der Waals surface area contributed by atoms with Crippen LogP contribution >= 0.6 is 0 Å². The number of carbonyl (C=O) groups is 2. The smallest absolute Gasteiger partial charge is 0.319 e. The second kappa shape index (κ2) is 7.14. The van der Waals surface area contributed by atoms with Crippen LogP contribution in [0.2, 0.25) is 0 Å². The van der Waals surface area contributed by atoms with Crippen molar-refractivity contribution in [1.29, 1.82) is 0 Å². The van der Waals surface area contributed by atoms with E-state index in [-0.39, 0.29) is 23.3 Å². The first kappa shape index (κ1) is 17.9. The molecule has 0 bridgehead atoms. The van der Waals surface area contributed by atoms with Crippen molar-refractivity contribution >= 4 is 33.3 Å². The quantitative estimate of drug-likeness (QED) is 0.746. The minimum atomic E-state index is -3.78. The number of nitrogens with one attached hydrogen (secondary N) is 2. The number of carbonyl (C=O) groups excluding carboxylic acids is 2. The summed E-state index contributed by atoms with van der Waals surface area (Å²) in [7, 11) is -3.78. The zero-order chi connectivity index (χ0) is 18.7. The third-order valence-corrected chi connectivity index (χ3v) is 4.90. The number of nitrogens with two attached hydrogens (primary N) is 1. The summed E-state index contributed by atoms with van der Waals surface area (Å²) in [6, 6.07) is 14.0. The number of hydrogen-bond acceptors (Lipinski definition) is 4. The summed E-state index contributed by atoms with van der Waals surface area (Å²) in [5.41, 5.74) is 1.21. The fraction of sp³-hybridized carbons (Fsp3) is 0.176. The molecular weight excluding hydrogens is 356 g/mol. The Kier molecular flexibility index (Phi) is 4.92. The van der Waals surface area contributed by atoms with Crippen molar-refractivity contribution in [2.45, 2.75) is 17.4 Å². The molecule has 4 N–H and O–H groups in total. The first-order chi connectivity index (χ1) is 12.3. The molecule has 1 atom stereocenters. The molecule has 0 radical (unpaired) electrons. The number of urea groups is 1. The standard InChI is InChI=1S/C17H18N4O4S/c18-26(24,25)15-8-6-12(7-9-15)19-17(23)20-13-10-16(22)21(11-13)14-4-2-1-3-5-14/h1-9,13H,10-11H2,(H2,18,24,25)(H2,19,20,23)/t13-/m1/s1. The minimum Gasteiger partial charge on any atom is -0.333 e. The molecule has 2 aromatic rings. The third-order valence-electron chi connectivity index (χ3n) is 3.97. The van der Waals surface area contributed by atoms with Crippen molar-refractivity contribution < 1.29 is 18.0 Å². The maximum atomic E-state index is 12.1. The molecule has 2 aromatic carbocycles. The van der Waals surface area contributed by atoms with Crippen molar-refractivity contribution in [3.8, 4) is 0 Å². The number of nitrogens with zero attached hydrogens (tertiary/aromatic N) is 1. The van der Waals surface area contributed by atoms with Crippen LogP contribution in [0.25, 0.3) is 0 Å². The molecule has 9 heteroatoms. The SMILES string of the molecule is NS(=O)(=O)c1ccc(NC(=O)N[C@@H]2CC(=O)N(c3ccccc3)C2)cc1. The lowest BCUT2D eigenvalue weighted by Crippen LogP contribution is -2.39. The van der Waals surface area contributed by atoms with Gasteiger partial charge in [0, 0.05) is 24.3 Å². The molecule has 8 nitrogen and oxygen atoms in total. The zero-order valence-corrected chi connectivity index (χ0v) is 14.6. The van der Waals surface area contributed by atoms with Crippen molar-refractivity contribution in [2.24, 2.45) is 5.14 Å². The van der Waals surface area contributed by atoms with Crippen LogP contribution < -0.4 is 20.7 Å². The zero-order valence-electron chi connectivity index (χ0n) is 13.8. The molecule has 26 heavy (non-hydrogen) atoms. The van der Waals surface area contributed by atoms with Crippen LogP contribution in [0.4, 0.5) is 16.2 Å². The molecular formula is C17H18N4O4S. The van der Waals surface area contributed by atoms with Gasteiger partial charge in [0.15, 0.2) is 0 Å². The second-order valence-corrected chi connectivity index (χ2v) is 7.47. The molecule has 0 saturated carbocycles. The van der Waals surface area contributed by atoms with Crippen LogP contribution in [-0.2, 0) is 14.8 Å². The predicted octanol–water partition coefficient (Wildman–Crippen LogP) is 1.26. The van der Waals surface area contributed by atoms with E-state index in [4.69, 9.17) is 5.14 Å². The average molecular weight is 374 g/mol. The van der Waals surface area contributed by atoms with E-state index in [9.17, 15) is 18.0 Å². The van der Waals surface area contributed by atoms with E-state index in [0.717, 1.165) is 5.69 Å². The summed E-state index contributed by atoms with van der Waals surface area (Å²) < 4.78 is 22.4. The van der Waals surface area contributed by atoms with Gasteiger partial charge in [0.25, 0.3) is 0 Å². The number of benzene rings is 2. The van der Waals surface area contributed by atoms with Crippen LogP contribution in [0.1, 0.15) is 6.42 Å². The van der Waals surface area contributed by atoms with Gasteiger partial charge in [0.2, 0.25) is 15.9 Å². The van der Waals surface area contributed by atoms with Gasteiger partial charge in [-0.3, -0.25) is 4.79 Å². The highest BCUT2D eigenvalue weighted by atomic mass is 32.2. The Balaban J connectivity index is 1.58. The van der Waals surface area contributed by atoms with E-state index >= 15 is 0 Å². The van der Waals surface area contributed by atoms with Crippen LogP contribution in [0, 0.1) is 0 Å². The normalized spacial score (nSPS) is 17.2. The molecule has 1 saturated heterocycles. The van der Waals surface area contributed by atoms with Crippen molar-refractivity contribution in [3.05, 3.63) is 54.6 Å². The van der Waals surface area contributed by atoms with Crippen LogP contribution in [-0.4, -0.2) is 32.9 Å². The Hall–Kier alpha value is -2.91. The van der Waals surface area contributed by atoms with E-state index in [1.807, 2.05) is 30.3 Å². The minimum absolute atomic E-state index is 0.0386. The molecule has 1 fully saturated rings. The molecule has 0 aliphatic carbocycles. The highest BCUT2D eigenvalue weighted by Crippen LogP contribution is 2.21. The molecule has 3 rings (SSSR count). The number of amides is 3. The monoisotopic (exact) mass is 374 g/mol. The second-order valence-electron chi connectivity index (χ2n) is 5.91. The van der Waals surface area contributed by atoms with Crippen molar-refractivity contribution in [1.82, 2.24) is 5.32 Å². The van der Waals surface area contributed by atoms with Gasteiger partial charge < -0.3 is 15.5 Å². The fourth-order valence-electron chi connectivity index (χ4n) is 2.74. The Morgan fingerprint density at radius 3 is 2.35 bits per heavy atom. The molecule has 1 aliphatic heterocycles. The lowest BCUT2D eigenvalue weighted by Gasteiger charge is -2.17. The summed E-state index contributed by atoms with van der Waals surface area (Å²) >= 11 is 0. The number of para-hydroxylation sites is 1. The Bertz CT molecular complexity index is 914. The van der Waals surface area contributed by atoms with Crippen LogP contribution in [0.3, 0.4) is 0 Å². The first-order valence-electron chi connectivity index (χ1n) is 7.89. The maximum absolute atomic E-state index is 12.1. The summed E-state index contributed by atoms with van der Waals surface area (Å²) in [6.45, 7) is 0.390. The van der Waals surface area contributed by atoms with E-state index in [0.29, 0.717) is 12.2 Å². The van der Waals surface area contributed by atoms with Gasteiger partial charge in [-0.1, -0.05) is 18.2 Å². The lowest BCUT2D eigenvalue weighted by atomic mass is 10.2.